The number of aliphatic hydroxyl groups excluding tert-OH is 11. The fourth-order valence-electron chi connectivity index (χ4n) is 15.6. The topological polar surface area (TPSA) is 331 Å². The van der Waals surface area contributed by atoms with E-state index in [2.05, 4.69) is 40.7 Å². The Kier molecular flexibility index (Phi) is 15.7. The van der Waals surface area contributed by atoms with Gasteiger partial charge in [0.2, 0.25) is 0 Å². The monoisotopic (exact) mass is 1030 g/mol. The van der Waals surface area contributed by atoms with Gasteiger partial charge in [0.1, 0.15) is 86.0 Å². The predicted octanol–water partition coefficient (Wildman–Crippen LogP) is -0.693. The summed E-state index contributed by atoms with van der Waals surface area (Å²) in [6.45, 7) is 15.8. The Morgan fingerprint density at radius 3 is 2.01 bits per heavy atom. The molecule has 0 aromatic rings. The van der Waals surface area contributed by atoms with Crippen LogP contribution in [0.2, 0.25) is 0 Å². The van der Waals surface area contributed by atoms with E-state index in [0.29, 0.717) is 25.7 Å². The number of carbonyl (C=O) groups is 2. The van der Waals surface area contributed by atoms with Gasteiger partial charge in [-0.25, -0.2) is 0 Å². The molecule has 0 amide bonds. The molecular formula is C51H82O21. The minimum absolute atomic E-state index is 0.0339. The van der Waals surface area contributed by atoms with E-state index in [0.717, 1.165) is 18.4 Å². The average Bonchev–Trinajstić information content (AvgIpc) is 3.30. The van der Waals surface area contributed by atoms with Crippen molar-refractivity contribution in [3.05, 3.63) is 11.6 Å². The number of carbonyl (C=O) groups excluding carboxylic acids is 2. The van der Waals surface area contributed by atoms with Crippen molar-refractivity contribution in [2.24, 2.45) is 50.2 Å². The van der Waals surface area contributed by atoms with E-state index in [9.17, 15) is 65.8 Å². The van der Waals surface area contributed by atoms with Gasteiger partial charge >= 0.3 is 11.9 Å². The van der Waals surface area contributed by atoms with Gasteiger partial charge in [0.25, 0.3) is 0 Å². The summed E-state index contributed by atoms with van der Waals surface area (Å²) in [6.07, 6.45) is -20.1. The Bertz CT molecular complexity index is 2000. The van der Waals surface area contributed by atoms with Crippen molar-refractivity contribution in [3.63, 3.8) is 0 Å². The van der Waals surface area contributed by atoms with Crippen molar-refractivity contribution in [2.45, 2.75) is 218 Å². The molecule has 72 heavy (non-hydrogen) atoms. The molecule has 21 nitrogen and oxygen atoms in total. The molecule has 21 heteroatoms. The SMILES string of the molecule is CC(=O)OC[C@@]12[C@H](O)C[C@]3(C)C(=CC[C@@H]4[C@@]5(C)CC[C@H](O[C@@H]6O[C@H](CO[C@H]7OC[C@@H](O)[C@@H](O)[C@H]7O)[C@@H](O)[C@H](O)[C@H]6O[C@@H]6O[C@H](CO)[C@@H](O)[C@H](O)[C@H]6O)C(C)(C)[C@@H]5CC[C@]43C)[C@H]1CC(C)(C)[C@@H](OC(C)=O)[C@@H]2O. The molecule has 4 saturated carbocycles. The molecule has 5 aliphatic carbocycles. The minimum atomic E-state index is -1.86. The molecule has 25 atom stereocenters. The molecule has 3 saturated heterocycles. The van der Waals surface area contributed by atoms with Crippen LogP contribution in [0.4, 0.5) is 0 Å². The Morgan fingerprint density at radius 2 is 1.36 bits per heavy atom. The van der Waals surface area contributed by atoms with E-state index in [4.69, 9.17) is 37.9 Å². The molecule has 0 aromatic carbocycles. The van der Waals surface area contributed by atoms with E-state index in [-0.39, 0.29) is 42.3 Å². The molecule has 0 aromatic heterocycles. The predicted molar refractivity (Wildman–Crippen MR) is 247 cm³/mol. The van der Waals surface area contributed by atoms with Gasteiger partial charge in [0.15, 0.2) is 18.9 Å². The largest absolute Gasteiger partial charge is 0.465 e. The first-order chi connectivity index (χ1) is 33.5. The van der Waals surface area contributed by atoms with Gasteiger partial charge < -0.3 is 94.1 Å². The van der Waals surface area contributed by atoms with Crippen molar-refractivity contribution >= 4 is 11.9 Å². The second kappa shape index (κ2) is 20.1. The summed E-state index contributed by atoms with van der Waals surface area (Å²) < 4.78 is 47.7. The van der Waals surface area contributed by atoms with Gasteiger partial charge in [-0.05, 0) is 84.4 Å². The van der Waals surface area contributed by atoms with E-state index in [1.807, 2.05) is 13.8 Å². The molecular weight excluding hydrogens is 949 g/mol. The number of rotatable bonds is 11. The number of aliphatic hydroxyl groups is 11. The van der Waals surface area contributed by atoms with Crippen LogP contribution in [0.25, 0.3) is 0 Å². The summed E-state index contributed by atoms with van der Waals surface area (Å²) >= 11 is 0. The lowest BCUT2D eigenvalue weighted by molar-refractivity contribution is -0.381. The normalized spacial score (nSPS) is 51.8. The van der Waals surface area contributed by atoms with Crippen LogP contribution < -0.4 is 0 Å². The van der Waals surface area contributed by atoms with Crippen LogP contribution in [0.5, 0.6) is 0 Å². The first kappa shape index (κ1) is 56.2. The van der Waals surface area contributed by atoms with Gasteiger partial charge in [-0.15, -0.1) is 0 Å². The van der Waals surface area contributed by atoms with Crippen LogP contribution in [-0.4, -0.2) is 205 Å². The van der Waals surface area contributed by atoms with Crippen molar-refractivity contribution in [1.82, 2.24) is 0 Å². The first-order valence-electron chi connectivity index (χ1n) is 25.8. The number of hydrogen-bond donors (Lipinski definition) is 11. The summed E-state index contributed by atoms with van der Waals surface area (Å²) in [6, 6.07) is 0. The summed E-state index contributed by atoms with van der Waals surface area (Å²) in [5.74, 6) is -1.39. The van der Waals surface area contributed by atoms with Gasteiger partial charge in [-0.1, -0.05) is 60.1 Å². The fraction of sp³-hybridized carbons (Fsp3) is 0.922. The molecule has 0 spiro atoms. The summed E-state index contributed by atoms with van der Waals surface area (Å²) in [5.41, 5.74) is -2.76. The standard InChI is InChI=1S/C51H82O21/c1-22(53)67-21-51-25(16-46(3,4)42(41(51)64)68-23(2)54)24-10-11-30-48(7)14-13-32(47(5,6)29(48)12-15-49(30,8)50(24,9)17-31(51)56)71-45-40(72-44-39(63)36(60)34(58)27(18-52)69-44)37(61)35(59)28(70-45)20-66-43-38(62)33(57)26(55)19-65-43/h10,25-45,52,55-64H,11-21H2,1-9H3/t25-,26-,27-,28-,29+,30-,31-,32+,33-,34-,35-,36+,37+,38-,39-,40-,41+,42+,43-,44+,45+,48+,49-,50-,51+/m1/s1. The van der Waals surface area contributed by atoms with Gasteiger partial charge in [0.05, 0.1) is 37.4 Å². The maximum absolute atomic E-state index is 12.6. The number of hydrogen-bond acceptors (Lipinski definition) is 21. The highest BCUT2D eigenvalue weighted by atomic mass is 16.8. The molecule has 0 radical (unpaired) electrons. The van der Waals surface area contributed by atoms with E-state index in [1.54, 1.807) is 0 Å². The van der Waals surface area contributed by atoms with Gasteiger partial charge in [-0.2, -0.15) is 0 Å². The number of fused-ring (bicyclic) bond motifs is 7. The zero-order valence-corrected chi connectivity index (χ0v) is 43.0. The highest BCUT2D eigenvalue weighted by Crippen LogP contribution is 2.76. The minimum Gasteiger partial charge on any atom is -0.465 e. The summed E-state index contributed by atoms with van der Waals surface area (Å²) in [4.78, 5) is 24.8. The van der Waals surface area contributed by atoms with Gasteiger partial charge in [-0.3, -0.25) is 9.59 Å². The molecule has 8 aliphatic rings. The van der Waals surface area contributed by atoms with E-state index in [1.165, 1.54) is 13.8 Å². The highest BCUT2D eigenvalue weighted by Gasteiger charge is 2.73. The Labute approximate surface area is 420 Å². The molecule has 412 valence electrons. The van der Waals surface area contributed by atoms with Crippen molar-refractivity contribution in [3.8, 4) is 0 Å². The van der Waals surface area contributed by atoms with E-state index < -0.39 is 163 Å². The lowest BCUT2D eigenvalue weighted by atomic mass is 9.33. The van der Waals surface area contributed by atoms with Crippen LogP contribution in [0.1, 0.15) is 107 Å². The van der Waals surface area contributed by atoms with Crippen molar-refractivity contribution in [1.29, 1.82) is 0 Å². The second-order valence-electron chi connectivity index (χ2n) is 24.5. The molecule has 7 fully saturated rings. The fourth-order valence-corrected chi connectivity index (χ4v) is 15.6. The highest BCUT2D eigenvalue weighted by molar-refractivity contribution is 5.66. The third-order valence-electron chi connectivity index (χ3n) is 19.8. The molecule has 8 rings (SSSR count). The smallest absolute Gasteiger partial charge is 0.303 e. The maximum Gasteiger partial charge on any atom is 0.303 e. The first-order valence-corrected chi connectivity index (χ1v) is 25.8. The second-order valence-corrected chi connectivity index (χ2v) is 24.5. The average molecular weight is 1030 g/mol. The summed E-state index contributed by atoms with van der Waals surface area (Å²) in [5, 5.41) is 121. The third kappa shape index (κ3) is 9.02. The Morgan fingerprint density at radius 1 is 0.708 bits per heavy atom. The van der Waals surface area contributed by atoms with Crippen LogP contribution in [0, 0.1) is 50.2 Å². The quantitative estimate of drug-likeness (QED) is 0.0693. The molecule has 0 unspecified atom stereocenters. The lowest BCUT2D eigenvalue weighted by Gasteiger charge is -2.72. The van der Waals surface area contributed by atoms with Crippen molar-refractivity contribution in [2.75, 3.05) is 26.4 Å². The number of ether oxygens (including phenoxy) is 8. The Hall–Kier alpha value is -2.00. The Balaban J connectivity index is 1.07. The van der Waals surface area contributed by atoms with Crippen LogP contribution >= 0.6 is 0 Å². The molecule has 0 bridgehead atoms. The molecule has 3 aliphatic heterocycles. The zero-order chi connectivity index (χ0) is 53.0. The van der Waals surface area contributed by atoms with Crippen LogP contribution in [0.3, 0.4) is 0 Å². The lowest BCUT2D eigenvalue weighted by Crippen LogP contribution is -2.72. The van der Waals surface area contributed by atoms with Crippen LogP contribution in [-0.2, 0) is 47.5 Å². The number of esters is 2. The van der Waals surface area contributed by atoms with Gasteiger partial charge in [0, 0.05) is 19.3 Å². The number of allylic oxidation sites excluding steroid dienone is 2. The molecule has 11 N–H and O–H groups in total. The zero-order valence-electron chi connectivity index (χ0n) is 43.0. The van der Waals surface area contributed by atoms with Crippen molar-refractivity contribution < 1.29 is 104 Å². The third-order valence-corrected chi connectivity index (χ3v) is 19.8. The molecule has 3 heterocycles. The maximum atomic E-state index is 12.6. The van der Waals surface area contributed by atoms with Crippen LogP contribution in [0.15, 0.2) is 11.6 Å². The summed E-state index contributed by atoms with van der Waals surface area (Å²) in [7, 11) is 0. The van der Waals surface area contributed by atoms with E-state index >= 15 is 0 Å².